The van der Waals surface area contributed by atoms with Crippen LogP contribution < -0.4 is 0 Å². The molecule has 3 nitrogen and oxygen atoms in total. The maximum absolute atomic E-state index is 11.6. The predicted molar refractivity (Wildman–Crippen MR) is 91.8 cm³/mol. The van der Waals surface area contributed by atoms with E-state index >= 15 is 0 Å². The van der Waals surface area contributed by atoms with Crippen LogP contribution in [0.5, 0.6) is 0 Å². The minimum atomic E-state index is -0.133. The average Bonchev–Trinajstić information content (AvgIpc) is 2.52. The molecule has 0 bridgehead atoms. The molecule has 0 amide bonds. The number of allylic oxidation sites excluding steroid dienone is 4. The molecule has 0 atom stereocenters. The Morgan fingerprint density at radius 2 is 1.55 bits per heavy atom. The Kier molecular flexibility index (Phi) is 15.0. The summed E-state index contributed by atoms with van der Waals surface area (Å²) in [5.41, 5.74) is 0. The molecule has 0 aromatic carbocycles. The molecule has 0 spiro atoms. The quantitative estimate of drug-likeness (QED) is 0.193. The van der Waals surface area contributed by atoms with Crippen molar-refractivity contribution in [2.45, 2.75) is 77.6 Å². The van der Waals surface area contributed by atoms with Crippen molar-refractivity contribution in [3.05, 3.63) is 24.3 Å². The molecular weight excluding hydrogens is 276 g/mol. The topological polar surface area (TPSA) is 43.4 Å². The maximum atomic E-state index is 11.6. The van der Waals surface area contributed by atoms with Gasteiger partial charge in [-0.15, -0.1) is 0 Å². The number of unbranched alkanes of at least 4 members (excludes halogenated alkanes) is 7. The molecule has 3 heteroatoms. The second kappa shape index (κ2) is 16.0. The molecule has 0 rings (SSSR count). The van der Waals surface area contributed by atoms with E-state index in [1.807, 2.05) is 12.2 Å². The second-order valence-corrected chi connectivity index (χ2v) is 5.59. The lowest BCUT2D eigenvalue weighted by atomic mass is 10.1. The first-order chi connectivity index (χ1) is 10.7. The zero-order valence-corrected chi connectivity index (χ0v) is 14.3. The summed E-state index contributed by atoms with van der Waals surface area (Å²) in [6, 6.07) is 0. The van der Waals surface area contributed by atoms with Crippen molar-refractivity contribution in [3.8, 4) is 0 Å². The third-order valence-corrected chi connectivity index (χ3v) is 3.54. The molecule has 0 saturated heterocycles. The van der Waals surface area contributed by atoms with Crippen LogP contribution in [0.4, 0.5) is 0 Å². The van der Waals surface area contributed by atoms with Gasteiger partial charge >= 0.3 is 5.97 Å². The Morgan fingerprint density at radius 3 is 2.27 bits per heavy atom. The lowest BCUT2D eigenvalue weighted by molar-refractivity contribution is -0.140. The van der Waals surface area contributed by atoms with Crippen molar-refractivity contribution >= 4 is 11.8 Å². The van der Waals surface area contributed by atoms with Gasteiger partial charge in [-0.1, -0.05) is 57.3 Å². The molecule has 0 saturated carbocycles. The maximum Gasteiger partial charge on any atom is 0.305 e. The number of ketones is 1. The third kappa shape index (κ3) is 15.0. The standard InChI is InChI=1S/C19H32O3/c1-3-4-5-9-12-15-18(20)16-13-10-7-6-8-11-14-17-19(21)22-2/h7,10,13,16H,3-6,8-9,11-12,14-15,17H2,1-2H3/b10-7+,16-13+. The van der Waals surface area contributed by atoms with E-state index in [1.54, 1.807) is 6.08 Å². The highest BCUT2D eigenvalue weighted by atomic mass is 16.5. The van der Waals surface area contributed by atoms with Gasteiger partial charge in [0.2, 0.25) is 0 Å². The van der Waals surface area contributed by atoms with Gasteiger partial charge in [-0.3, -0.25) is 9.59 Å². The first-order valence-corrected chi connectivity index (χ1v) is 8.63. The van der Waals surface area contributed by atoms with E-state index in [4.69, 9.17) is 0 Å². The zero-order valence-electron chi connectivity index (χ0n) is 14.3. The van der Waals surface area contributed by atoms with Crippen molar-refractivity contribution in [1.82, 2.24) is 0 Å². The normalized spacial score (nSPS) is 11.4. The number of ether oxygens (including phenoxy) is 1. The highest BCUT2D eigenvalue weighted by Crippen LogP contribution is 2.06. The number of hydrogen-bond acceptors (Lipinski definition) is 3. The highest BCUT2D eigenvalue weighted by Gasteiger charge is 1.98. The molecule has 0 aromatic heterocycles. The Morgan fingerprint density at radius 1 is 0.864 bits per heavy atom. The number of carbonyl (C=O) groups excluding carboxylic acids is 2. The fraction of sp³-hybridized carbons (Fsp3) is 0.684. The molecule has 0 radical (unpaired) electrons. The molecule has 0 fully saturated rings. The van der Waals surface area contributed by atoms with Crippen LogP contribution in [-0.4, -0.2) is 18.9 Å². The van der Waals surface area contributed by atoms with Gasteiger partial charge in [0.15, 0.2) is 5.78 Å². The number of esters is 1. The van der Waals surface area contributed by atoms with Crippen molar-refractivity contribution < 1.29 is 14.3 Å². The summed E-state index contributed by atoms with van der Waals surface area (Å²) in [6.07, 6.45) is 18.6. The van der Waals surface area contributed by atoms with Crippen molar-refractivity contribution in [1.29, 1.82) is 0 Å². The first-order valence-electron chi connectivity index (χ1n) is 8.63. The van der Waals surface area contributed by atoms with Crippen LogP contribution >= 0.6 is 0 Å². The Bertz CT molecular complexity index is 343. The molecule has 22 heavy (non-hydrogen) atoms. The van der Waals surface area contributed by atoms with Crippen molar-refractivity contribution in [2.24, 2.45) is 0 Å². The number of rotatable bonds is 14. The molecule has 0 aliphatic rings. The molecule has 0 unspecified atom stereocenters. The molecule has 126 valence electrons. The van der Waals surface area contributed by atoms with Gasteiger partial charge in [-0.2, -0.15) is 0 Å². The molecule has 0 N–H and O–H groups in total. The summed E-state index contributed by atoms with van der Waals surface area (Å²) in [4.78, 5) is 22.5. The summed E-state index contributed by atoms with van der Waals surface area (Å²) < 4.78 is 4.59. The van der Waals surface area contributed by atoms with Gasteiger partial charge in [0, 0.05) is 12.8 Å². The van der Waals surface area contributed by atoms with E-state index in [-0.39, 0.29) is 11.8 Å². The van der Waals surface area contributed by atoms with Crippen LogP contribution in [0.3, 0.4) is 0 Å². The van der Waals surface area contributed by atoms with Crippen LogP contribution in [0.2, 0.25) is 0 Å². The third-order valence-electron chi connectivity index (χ3n) is 3.54. The lowest BCUT2D eigenvalue weighted by Gasteiger charge is -1.98. The van der Waals surface area contributed by atoms with E-state index in [2.05, 4.69) is 17.7 Å². The summed E-state index contributed by atoms with van der Waals surface area (Å²) >= 11 is 0. The van der Waals surface area contributed by atoms with Crippen molar-refractivity contribution in [2.75, 3.05) is 7.11 Å². The Hall–Kier alpha value is -1.38. The number of carbonyl (C=O) groups is 2. The van der Waals surface area contributed by atoms with Gasteiger partial charge < -0.3 is 4.74 Å². The molecule has 0 aromatic rings. The largest absolute Gasteiger partial charge is 0.469 e. The second-order valence-electron chi connectivity index (χ2n) is 5.59. The summed E-state index contributed by atoms with van der Waals surface area (Å²) in [5.74, 6) is 0.0888. The van der Waals surface area contributed by atoms with Crippen LogP contribution in [0.15, 0.2) is 24.3 Å². The minimum Gasteiger partial charge on any atom is -0.469 e. The fourth-order valence-electron chi connectivity index (χ4n) is 2.13. The van der Waals surface area contributed by atoms with Crippen LogP contribution in [0.1, 0.15) is 77.6 Å². The monoisotopic (exact) mass is 308 g/mol. The summed E-state index contributed by atoms with van der Waals surface area (Å²) in [5, 5.41) is 0. The van der Waals surface area contributed by atoms with Crippen LogP contribution in [0.25, 0.3) is 0 Å². The Labute approximate surface area is 135 Å². The summed E-state index contributed by atoms with van der Waals surface area (Å²) in [7, 11) is 1.42. The molecule has 0 aliphatic carbocycles. The van der Waals surface area contributed by atoms with Gasteiger partial charge in [0.25, 0.3) is 0 Å². The van der Waals surface area contributed by atoms with E-state index in [0.717, 1.165) is 38.5 Å². The average molecular weight is 308 g/mol. The van der Waals surface area contributed by atoms with Crippen LogP contribution in [0, 0.1) is 0 Å². The first kappa shape index (κ1) is 20.6. The van der Waals surface area contributed by atoms with Gasteiger partial charge in [0.1, 0.15) is 0 Å². The lowest BCUT2D eigenvalue weighted by Crippen LogP contribution is -1.98. The summed E-state index contributed by atoms with van der Waals surface area (Å²) in [6.45, 7) is 2.19. The highest BCUT2D eigenvalue weighted by molar-refractivity contribution is 5.89. The minimum absolute atomic E-state index is 0.133. The SMILES string of the molecule is CCCCCCCC(=O)/C=C/C=C/CCCCCC(=O)OC. The predicted octanol–water partition coefficient (Wildman–Crippen LogP) is 5.15. The van der Waals surface area contributed by atoms with E-state index in [9.17, 15) is 9.59 Å². The van der Waals surface area contributed by atoms with Gasteiger partial charge in [-0.05, 0) is 31.8 Å². The smallest absolute Gasteiger partial charge is 0.305 e. The fourth-order valence-corrected chi connectivity index (χ4v) is 2.13. The molecular formula is C19H32O3. The van der Waals surface area contributed by atoms with E-state index in [0.29, 0.717) is 12.8 Å². The molecule has 0 aliphatic heterocycles. The Balaban J connectivity index is 3.46. The number of hydrogen-bond donors (Lipinski definition) is 0. The zero-order chi connectivity index (χ0) is 16.5. The number of methoxy groups -OCH3 is 1. The van der Waals surface area contributed by atoms with Gasteiger partial charge in [0.05, 0.1) is 7.11 Å². The van der Waals surface area contributed by atoms with Crippen LogP contribution in [-0.2, 0) is 14.3 Å². The van der Waals surface area contributed by atoms with Crippen molar-refractivity contribution in [3.63, 3.8) is 0 Å². The van der Waals surface area contributed by atoms with Gasteiger partial charge in [-0.25, -0.2) is 0 Å². The van der Waals surface area contributed by atoms with E-state index < -0.39 is 0 Å². The molecule has 0 heterocycles. The van der Waals surface area contributed by atoms with E-state index in [1.165, 1.54) is 26.4 Å².